The number of ether oxygens (including phenoxy) is 1. The van der Waals surface area contributed by atoms with Crippen LogP contribution in [-0.4, -0.2) is 41.5 Å². The molecule has 3 aromatic rings. The minimum Gasteiger partial charge on any atom is -0.490 e. The maximum absolute atomic E-state index is 12.3. The van der Waals surface area contributed by atoms with Gasteiger partial charge in [0, 0.05) is 42.2 Å². The normalized spacial score (nSPS) is 20.1. The molecular weight excluding hydrogens is 392 g/mol. The van der Waals surface area contributed by atoms with Gasteiger partial charge in [0.05, 0.1) is 17.1 Å². The number of benzene rings is 1. The van der Waals surface area contributed by atoms with E-state index in [1.165, 1.54) is 6.26 Å². The molecule has 8 heteroatoms. The van der Waals surface area contributed by atoms with E-state index in [2.05, 4.69) is 4.98 Å². The Balaban J connectivity index is 1.86. The molecule has 0 unspecified atom stereocenters. The fourth-order valence-electron chi connectivity index (χ4n) is 3.98. The quantitative estimate of drug-likeness (QED) is 0.681. The smallest absolute Gasteiger partial charge is 0.272 e. The van der Waals surface area contributed by atoms with Gasteiger partial charge in [0.15, 0.2) is 9.84 Å². The van der Waals surface area contributed by atoms with E-state index in [-0.39, 0.29) is 22.7 Å². The number of fused-ring (bicyclic) bond motifs is 1. The van der Waals surface area contributed by atoms with Gasteiger partial charge in [0.2, 0.25) is 0 Å². The number of aliphatic hydroxyl groups is 1. The van der Waals surface area contributed by atoms with Crippen LogP contribution in [0.3, 0.4) is 0 Å². The molecule has 0 radical (unpaired) electrons. The first kappa shape index (κ1) is 19.7. The highest BCUT2D eigenvalue weighted by molar-refractivity contribution is 7.90. The summed E-state index contributed by atoms with van der Waals surface area (Å²) < 4.78 is 32.3. The van der Waals surface area contributed by atoms with Crippen LogP contribution in [0, 0.1) is 0 Å². The zero-order valence-electron chi connectivity index (χ0n) is 16.4. The number of aromatic amines is 1. The van der Waals surface area contributed by atoms with Crippen LogP contribution in [0.2, 0.25) is 0 Å². The maximum atomic E-state index is 12.3. The first-order chi connectivity index (χ1) is 13.7. The number of aliphatic hydroxyl groups excluding tert-OH is 1. The van der Waals surface area contributed by atoms with Crippen molar-refractivity contribution in [3.05, 3.63) is 47.0 Å². The number of rotatable bonds is 4. The molecule has 2 N–H and O–H groups in total. The topological polar surface area (TPSA) is 101 Å². The Kier molecular flexibility index (Phi) is 5.00. The second-order valence-electron chi connectivity index (χ2n) is 7.70. The molecule has 0 aliphatic heterocycles. The Morgan fingerprint density at radius 2 is 1.86 bits per heavy atom. The minimum absolute atomic E-state index is 0.0420. The summed E-state index contributed by atoms with van der Waals surface area (Å²) in [5.41, 5.74) is 1.68. The van der Waals surface area contributed by atoms with E-state index in [4.69, 9.17) is 4.74 Å². The van der Waals surface area contributed by atoms with E-state index in [1.807, 2.05) is 6.20 Å². The van der Waals surface area contributed by atoms with Crippen molar-refractivity contribution in [3.8, 4) is 16.9 Å². The van der Waals surface area contributed by atoms with E-state index in [9.17, 15) is 18.3 Å². The zero-order valence-corrected chi connectivity index (χ0v) is 17.2. The van der Waals surface area contributed by atoms with Crippen molar-refractivity contribution in [3.63, 3.8) is 0 Å². The second kappa shape index (κ2) is 7.35. The number of sulfone groups is 1. The first-order valence-corrected chi connectivity index (χ1v) is 11.5. The molecule has 0 amide bonds. The van der Waals surface area contributed by atoms with Crippen molar-refractivity contribution in [2.45, 2.75) is 42.8 Å². The second-order valence-corrected chi connectivity index (χ2v) is 9.72. The number of nitrogens with one attached hydrogen (secondary N) is 1. The molecule has 1 aliphatic rings. The van der Waals surface area contributed by atoms with Crippen LogP contribution < -0.4 is 10.3 Å². The highest BCUT2D eigenvalue weighted by Gasteiger charge is 2.24. The van der Waals surface area contributed by atoms with Gasteiger partial charge in [0.1, 0.15) is 11.3 Å². The molecule has 0 atom stereocenters. The van der Waals surface area contributed by atoms with Gasteiger partial charge in [-0.1, -0.05) is 0 Å². The van der Waals surface area contributed by atoms with E-state index in [1.54, 1.807) is 42.1 Å². The molecule has 0 saturated heterocycles. The fourth-order valence-corrected chi connectivity index (χ4v) is 4.62. The molecule has 0 bridgehead atoms. The maximum Gasteiger partial charge on any atom is 0.272 e. The average molecular weight is 416 g/mol. The SMILES string of the molecule is Cn1cc(-c2cc(S(C)(=O)=O)ccc2O[C@H]2CC[C@H](O)CC2)c2cc[nH]c(=O)c21. The molecule has 1 saturated carbocycles. The van der Waals surface area contributed by atoms with Crippen LogP contribution in [0.4, 0.5) is 0 Å². The van der Waals surface area contributed by atoms with Crippen molar-refractivity contribution in [1.29, 1.82) is 0 Å². The lowest BCUT2D eigenvalue weighted by Gasteiger charge is -2.27. The molecule has 154 valence electrons. The molecule has 1 aliphatic carbocycles. The van der Waals surface area contributed by atoms with Gasteiger partial charge < -0.3 is 19.4 Å². The Morgan fingerprint density at radius 3 is 2.55 bits per heavy atom. The van der Waals surface area contributed by atoms with Gasteiger partial charge in [-0.3, -0.25) is 4.79 Å². The van der Waals surface area contributed by atoms with E-state index >= 15 is 0 Å². The standard InChI is InChI=1S/C21H24N2O5S/c1-23-12-18(16-9-10-22-21(25)20(16)23)17-11-15(29(2,26)27)7-8-19(17)28-14-5-3-13(24)4-6-14/h7-14,24H,3-6H2,1-2H3,(H,22,25)/t13-,14-. The number of aryl methyl sites for hydroxylation is 1. The van der Waals surface area contributed by atoms with Gasteiger partial charge in [0.25, 0.3) is 5.56 Å². The Hall–Kier alpha value is -2.58. The summed E-state index contributed by atoms with van der Waals surface area (Å²) >= 11 is 0. The Labute approximate surface area is 168 Å². The van der Waals surface area contributed by atoms with Crippen LogP contribution >= 0.6 is 0 Å². The summed E-state index contributed by atoms with van der Waals surface area (Å²) in [5, 5.41) is 10.5. The molecule has 1 fully saturated rings. The fraction of sp³-hybridized carbons (Fsp3) is 0.381. The van der Waals surface area contributed by atoms with E-state index < -0.39 is 9.84 Å². The van der Waals surface area contributed by atoms with Crippen LogP contribution in [0.25, 0.3) is 22.0 Å². The monoisotopic (exact) mass is 416 g/mol. The highest BCUT2D eigenvalue weighted by Crippen LogP contribution is 2.38. The van der Waals surface area contributed by atoms with Crippen molar-refractivity contribution >= 4 is 20.7 Å². The van der Waals surface area contributed by atoms with Crippen LogP contribution in [0.15, 0.2) is 46.3 Å². The largest absolute Gasteiger partial charge is 0.490 e. The van der Waals surface area contributed by atoms with Gasteiger partial charge >= 0.3 is 0 Å². The third-order valence-corrected chi connectivity index (χ3v) is 6.62. The lowest BCUT2D eigenvalue weighted by atomic mass is 9.95. The van der Waals surface area contributed by atoms with E-state index in [0.717, 1.165) is 23.8 Å². The third-order valence-electron chi connectivity index (χ3n) is 5.51. The predicted molar refractivity (Wildman–Crippen MR) is 111 cm³/mol. The van der Waals surface area contributed by atoms with Gasteiger partial charge in [-0.25, -0.2) is 8.42 Å². The van der Waals surface area contributed by atoms with Crippen LogP contribution in [0.1, 0.15) is 25.7 Å². The summed E-state index contributed by atoms with van der Waals surface area (Å²) in [7, 11) is -1.63. The molecular formula is C21H24N2O5S. The molecule has 2 aromatic heterocycles. The summed E-state index contributed by atoms with van der Waals surface area (Å²) in [6.45, 7) is 0. The predicted octanol–water partition coefficient (Wildman–Crippen LogP) is 2.62. The van der Waals surface area contributed by atoms with Crippen molar-refractivity contribution < 1.29 is 18.3 Å². The third kappa shape index (κ3) is 3.82. The number of aromatic nitrogens is 2. The molecule has 2 heterocycles. The molecule has 0 spiro atoms. The van der Waals surface area contributed by atoms with Crippen molar-refractivity contribution in [1.82, 2.24) is 9.55 Å². The summed E-state index contributed by atoms with van der Waals surface area (Å²) in [6.07, 6.45) is 7.09. The highest BCUT2D eigenvalue weighted by atomic mass is 32.2. The minimum atomic E-state index is -3.41. The Bertz CT molecular complexity index is 1220. The lowest BCUT2D eigenvalue weighted by Crippen LogP contribution is -2.26. The van der Waals surface area contributed by atoms with Crippen molar-refractivity contribution in [2.24, 2.45) is 7.05 Å². The van der Waals surface area contributed by atoms with Gasteiger partial charge in [-0.2, -0.15) is 0 Å². The number of hydrogen-bond acceptors (Lipinski definition) is 5. The Morgan fingerprint density at radius 1 is 1.14 bits per heavy atom. The van der Waals surface area contributed by atoms with Gasteiger partial charge in [-0.05, 0) is 49.9 Å². The number of hydrogen-bond donors (Lipinski definition) is 2. The summed E-state index contributed by atoms with van der Waals surface area (Å²) in [4.78, 5) is 15.1. The number of H-pyrrole nitrogens is 1. The lowest BCUT2D eigenvalue weighted by molar-refractivity contribution is 0.0668. The van der Waals surface area contributed by atoms with Crippen LogP contribution in [-0.2, 0) is 16.9 Å². The molecule has 1 aromatic carbocycles. The zero-order chi connectivity index (χ0) is 20.8. The number of nitrogens with zero attached hydrogens (tertiary/aromatic N) is 1. The molecule has 29 heavy (non-hydrogen) atoms. The number of pyridine rings is 1. The average Bonchev–Trinajstić information content (AvgIpc) is 3.01. The first-order valence-electron chi connectivity index (χ1n) is 9.60. The summed E-state index contributed by atoms with van der Waals surface area (Å²) in [6, 6.07) is 6.64. The van der Waals surface area contributed by atoms with E-state index in [0.29, 0.717) is 29.7 Å². The molecule has 7 nitrogen and oxygen atoms in total. The van der Waals surface area contributed by atoms with Crippen molar-refractivity contribution in [2.75, 3.05) is 6.26 Å². The van der Waals surface area contributed by atoms with Crippen LogP contribution in [0.5, 0.6) is 5.75 Å². The van der Waals surface area contributed by atoms with Gasteiger partial charge in [-0.15, -0.1) is 0 Å². The summed E-state index contributed by atoms with van der Waals surface area (Å²) in [5.74, 6) is 0.576. The molecule has 4 rings (SSSR count).